The van der Waals surface area contributed by atoms with E-state index in [0.29, 0.717) is 5.69 Å². The summed E-state index contributed by atoms with van der Waals surface area (Å²) >= 11 is 0. The van der Waals surface area contributed by atoms with Crippen LogP contribution in [0.15, 0.2) is 52.9 Å². The van der Waals surface area contributed by atoms with Crippen LogP contribution < -0.4 is 5.56 Å². The minimum atomic E-state index is -0.303. The van der Waals surface area contributed by atoms with E-state index in [9.17, 15) is 9.18 Å². The third-order valence-corrected chi connectivity index (χ3v) is 4.69. The summed E-state index contributed by atoms with van der Waals surface area (Å²) in [6, 6.07) is 5.98. The van der Waals surface area contributed by atoms with Crippen LogP contribution in [0, 0.1) is 5.82 Å². The van der Waals surface area contributed by atoms with E-state index < -0.39 is 0 Å². The number of hydrogen-bond donors (Lipinski definition) is 1. The van der Waals surface area contributed by atoms with E-state index in [1.807, 2.05) is 0 Å². The summed E-state index contributed by atoms with van der Waals surface area (Å²) in [4.78, 5) is 14.9. The van der Waals surface area contributed by atoms with Crippen molar-refractivity contribution in [3.63, 3.8) is 0 Å². The van der Waals surface area contributed by atoms with Gasteiger partial charge in [-0.25, -0.2) is 9.07 Å². The molecule has 4 rings (SSSR count). The highest BCUT2D eigenvalue weighted by atomic mass is 19.1. The van der Waals surface area contributed by atoms with E-state index in [4.69, 9.17) is 0 Å². The summed E-state index contributed by atoms with van der Waals surface area (Å²) in [6.07, 6.45) is 9.70. The second-order valence-electron chi connectivity index (χ2n) is 6.41. The summed E-state index contributed by atoms with van der Waals surface area (Å²) in [5.41, 5.74) is 3.82. The Hall–Kier alpha value is -2.40. The lowest BCUT2D eigenvalue weighted by molar-refractivity contribution is 0.273. The molecule has 5 heteroatoms. The van der Waals surface area contributed by atoms with Gasteiger partial charge in [0.2, 0.25) is 0 Å². The fourth-order valence-corrected chi connectivity index (χ4v) is 3.43. The number of benzene rings is 1. The standard InChI is InChI=1S/C19H20FN3O/c20-15-6-8-16(9-7-15)23-19(24)17-10-11-22(13-18(17)21-23)12-14-4-2-1-3-5-14/h2,4-9,21H,1,3,10-13H2. The average molecular weight is 325 g/mol. The fourth-order valence-electron chi connectivity index (χ4n) is 3.43. The van der Waals surface area contributed by atoms with Crippen molar-refractivity contribution < 1.29 is 4.39 Å². The molecule has 24 heavy (non-hydrogen) atoms. The smallest absolute Gasteiger partial charge is 0.274 e. The van der Waals surface area contributed by atoms with E-state index in [2.05, 4.69) is 28.2 Å². The van der Waals surface area contributed by atoms with Gasteiger partial charge in [0.25, 0.3) is 5.56 Å². The SMILES string of the molecule is O=c1c2c([nH]n1-c1ccc(F)cc1)CN(CC1=CCCC=C1)CC2. The van der Waals surface area contributed by atoms with E-state index in [1.54, 1.807) is 12.1 Å². The number of rotatable bonds is 3. The lowest BCUT2D eigenvalue weighted by Gasteiger charge is -2.26. The molecule has 0 saturated heterocycles. The molecule has 124 valence electrons. The van der Waals surface area contributed by atoms with Crippen molar-refractivity contribution in [2.75, 3.05) is 13.1 Å². The van der Waals surface area contributed by atoms with Crippen molar-refractivity contribution in [2.45, 2.75) is 25.8 Å². The molecule has 1 aromatic carbocycles. The summed E-state index contributed by atoms with van der Waals surface area (Å²) in [5, 5.41) is 3.21. The Balaban J connectivity index is 1.57. The number of allylic oxidation sites excluding steroid dienone is 2. The summed E-state index contributed by atoms with van der Waals surface area (Å²) in [6.45, 7) is 2.54. The molecule has 0 radical (unpaired) electrons. The van der Waals surface area contributed by atoms with Gasteiger partial charge in [0, 0.05) is 25.2 Å². The Morgan fingerprint density at radius 2 is 2.00 bits per heavy atom. The molecule has 0 bridgehead atoms. The van der Waals surface area contributed by atoms with Crippen molar-refractivity contribution in [1.29, 1.82) is 0 Å². The van der Waals surface area contributed by atoms with Crippen LogP contribution in [-0.2, 0) is 13.0 Å². The molecule has 0 fully saturated rings. The van der Waals surface area contributed by atoms with Gasteiger partial charge in [-0.05, 0) is 49.1 Å². The van der Waals surface area contributed by atoms with E-state index in [1.165, 1.54) is 22.4 Å². The Bertz CT molecular complexity index is 858. The zero-order valence-electron chi connectivity index (χ0n) is 13.5. The van der Waals surface area contributed by atoms with Gasteiger partial charge >= 0.3 is 0 Å². The third-order valence-electron chi connectivity index (χ3n) is 4.69. The van der Waals surface area contributed by atoms with Crippen LogP contribution in [0.4, 0.5) is 4.39 Å². The number of fused-ring (bicyclic) bond motifs is 1. The van der Waals surface area contributed by atoms with Crippen molar-refractivity contribution in [3.05, 3.63) is 75.5 Å². The van der Waals surface area contributed by atoms with Crippen LogP contribution in [0.3, 0.4) is 0 Å². The molecule has 1 aliphatic heterocycles. The monoisotopic (exact) mass is 325 g/mol. The zero-order chi connectivity index (χ0) is 16.5. The highest BCUT2D eigenvalue weighted by molar-refractivity contribution is 5.34. The van der Waals surface area contributed by atoms with Crippen LogP contribution in [-0.4, -0.2) is 27.8 Å². The van der Waals surface area contributed by atoms with Crippen LogP contribution in [0.1, 0.15) is 24.1 Å². The number of nitrogens with zero attached hydrogens (tertiary/aromatic N) is 2. The fraction of sp³-hybridized carbons (Fsp3) is 0.316. The van der Waals surface area contributed by atoms with E-state index in [-0.39, 0.29) is 11.4 Å². The molecule has 2 aromatic rings. The van der Waals surface area contributed by atoms with E-state index in [0.717, 1.165) is 50.2 Å². The van der Waals surface area contributed by atoms with Crippen LogP contribution in [0.5, 0.6) is 0 Å². The molecule has 0 amide bonds. The van der Waals surface area contributed by atoms with Crippen molar-refractivity contribution in [2.24, 2.45) is 0 Å². The van der Waals surface area contributed by atoms with E-state index >= 15 is 0 Å². The van der Waals surface area contributed by atoms with Crippen molar-refractivity contribution >= 4 is 0 Å². The van der Waals surface area contributed by atoms with Gasteiger partial charge in [-0.2, -0.15) is 0 Å². The maximum Gasteiger partial charge on any atom is 0.274 e. The Morgan fingerprint density at radius 3 is 2.75 bits per heavy atom. The van der Waals surface area contributed by atoms with Gasteiger partial charge < -0.3 is 0 Å². The topological polar surface area (TPSA) is 41.0 Å². The molecule has 2 aliphatic rings. The van der Waals surface area contributed by atoms with Crippen LogP contribution in [0.2, 0.25) is 0 Å². The molecule has 4 nitrogen and oxygen atoms in total. The normalized spacial score (nSPS) is 17.6. The summed E-state index contributed by atoms with van der Waals surface area (Å²) < 4.78 is 14.6. The molecule has 0 unspecified atom stereocenters. The van der Waals surface area contributed by atoms with Gasteiger partial charge in [-0.15, -0.1) is 0 Å². The Kier molecular flexibility index (Phi) is 3.94. The number of hydrogen-bond acceptors (Lipinski definition) is 2. The first-order chi connectivity index (χ1) is 11.7. The summed E-state index contributed by atoms with van der Waals surface area (Å²) in [7, 11) is 0. The molecular formula is C19H20FN3O. The van der Waals surface area contributed by atoms with Crippen LogP contribution in [0.25, 0.3) is 5.69 Å². The molecule has 1 aromatic heterocycles. The zero-order valence-corrected chi connectivity index (χ0v) is 13.5. The largest absolute Gasteiger partial charge is 0.293 e. The number of halogens is 1. The highest BCUT2D eigenvalue weighted by Gasteiger charge is 2.23. The summed E-state index contributed by atoms with van der Waals surface area (Å²) in [5.74, 6) is -0.303. The maximum absolute atomic E-state index is 13.1. The minimum Gasteiger partial charge on any atom is -0.293 e. The molecular weight excluding hydrogens is 305 g/mol. The molecule has 0 spiro atoms. The second-order valence-corrected chi connectivity index (χ2v) is 6.41. The van der Waals surface area contributed by atoms with Crippen LogP contribution >= 0.6 is 0 Å². The maximum atomic E-state index is 13.1. The molecule has 1 N–H and O–H groups in total. The van der Waals surface area contributed by atoms with Gasteiger partial charge in [0.15, 0.2) is 0 Å². The van der Waals surface area contributed by atoms with Crippen molar-refractivity contribution in [1.82, 2.24) is 14.7 Å². The minimum absolute atomic E-state index is 0.0203. The first-order valence-corrected chi connectivity index (χ1v) is 8.37. The Morgan fingerprint density at radius 1 is 1.17 bits per heavy atom. The Labute approximate surface area is 139 Å². The number of nitrogens with one attached hydrogen (secondary N) is 1. The predicted octanol–water partition coefficient (Wildman–Crippen LogP) is 2.94. The van der Waals surface area contributed by atoms with Gasteiger partial charge in [0.1, 0.15) is 5.82 Å². The third kappa shape index (κ3) is 2.87. The number of aromatic nitrogens is 2. The van der Waals surface area contributed by atoms with Gasteiger partial charge in [-0.3, -0.25) is 14.8 Å². The second kappa shape index (κ2) is 6.24. The van der Waals surface area contributed by atoms with Crippen molar-refractivity contribution in [3.8, 4) is 5.69 Å². The first-order valence-electron chi connectivity index (χ1n) is 8.37. The van der Waals surface area contributed by atoms with Gasteiger partial charge in [-0.1, -0.05) is 18.2 Å². The first kappa shape index (κ1) is 15.1. The average Bonchev–Trinajstić information content (AvgIpc) is 2.93. The lowest BCUT2D eigenvalue weighted by Crippen LogP contribution is -2.33. The van der Waals surface area contributed by atoms with Gasteiger partial charge in [0.05, 0.1) is 11.4 Å². The predicted molar refractivity (Wildman–Crippen MR) is 91.8 cm³/mol. The lowest BCUT2D eigenvalue weighted by atomic mass is 10.0. The number of H-pyrrole nitrogens is 1. The number of aromatic amines is 1. The molecule has 1 aliphatic carbocycles. The quantitative estimate of drug-likeness (QED) is 0.943. The molecule has 0 saturated carbocycles. The molecule has 2 heterocycles. The molecule has 0 atom stereocenters. The highest BCUT2D eigenvalue weighted by Crippen LogP contribution is 2.19.